The first-order valence-corrected chi connectivity index (χ1v) is 5.58. The van der Waals surface area contributed by atoms with E-state index in [4.69, 9.17) is 11.5 Å². The predicted molar refractivity (Wildman–Crippen MR) is 64.8 cm³/mol. The zero-order chi connectivity index (χ0) is 11.5. The van der Waals surface area contributed by atoms with Crippen molar-refractivity contribution in [1.29, 1.82) is 0 Å². The molecule has 0 saturated carbocycles. The van der Waals surface area contributed by atoms with E-state index in [0.717, 1.165) is 30.6 Å². The molecule has 0 aromatic carbocycles. The Morgan fingerprint density at radius 1 is 1.38 bits per heavy atom. The number of rotatable bonds is 4. The van der Waals surface area contributed by atoms with E-state index in [-0.39, 0.29) is 6.04 Å². The topological polar surface area (TPSA) is 93.6 Å². The SMILES string of the molecule is CCCCC(N)c1nc2nc(N)ccc2[nH]1. The summed E-state index contributed by atoms with van der Waals surface area (Å²) in [7, 11) is 0. The molecule has 0 aliphatic rings. The van der Waals surface area contributed by atoms with Gasteiger partial charge >= 0.3 is 0 Å². The number of unbranched alkanes of at least 4 members (excludes halogenated alkanes) is 1. The Kier molecular flexibility index (Phi) is 3.05. The number of pyridine rings is 1. The Bertz CT molecular complexity index is 476. The van der Waals surface area contributed by atoms with Crippen molar-refractivity contribution in [2.75, 3.05) is 5.73 Å². The molecule has 0 bridgehead atoms. The summed E-state index contributed by atoms with van der Waals surface area (Å²) in [6, 6.07) is 3.58. The van der Waals surface area contributed by atoms with Crippen molar-refractivity contribution in [2.45, 2.75) is 32.2 Å². The summed E-state index contributed by atoms with van der Waals surface area (Å²) in [5, 5.41) is 0. The third-order valence-corrected chi connectivity index (χ3v) is 2.61. The molecule has 0 radical (unpaired) electrons. The van der Waals surface area contributed by atoms with Gasteiger partial charge < -0.3 is 16.5 Å². The highest BCUT2D eigenvalue weighted by Crippen LogP contribution is 2.17. The van der Waals surface area contributed by atoms with Crippen LogP contribution in [0.5, 0.6) is 0 Å². The maximum atomic E-state index is 6.03. The molecule has 0 aliphatic carbocycles. The fourth-order valence-electron chi connectivity index (χ4n) is 1.66. The maximum Gasteiger partial charge on any atom is 0.179 e. The minimum Gasteiger partial charge on any atom is -0.384 e. The van der Waals surface area contributed by atoms with Crippen LogP contribution in [-0.2, 0) is 0 Å². The summed E-state index contributed by atoms with van der Waals surface area (Å²) in [4.78, 5) is 11.7. The van der Waals surface area contributed by atoms with Gasteiger partial charge in [0.05, 0.1) is 11.6 Å². The summed E-state index contributed by atoms with van der Waals surface area (Å²) in [6.45, 7) is 2.15. The van der Waals surface area contributed by atoms with Gasteiger partial charge in [-0.25, -0.2) is 9.97 Å². The zero-order valence-electron chi connectivity index (χ0n) is 9.40. The molecule has 2 aromatic heterocycles. The van der Waals surface area contributed by atoms with E-state index in [1.807, 2.05) is 6.07 Å². The minimum atomic E-state index is -0.0459. The van der Waals surface area contributed by atoms with E-state index in [0.29, 0.717) is 11.5 Å². The van der Waals surface area contributed by atoms with Crippen LogP contribution < -0.4 is 11.5 Å². The Morgan fingerprint density at radius 2 is 2.19 bits per heavy atom. The molecule has 16 heavy (non-hydrogen) atoms. The summed E-state index contributed by atoms with van der Waals surface area (Å²) in [5.74, 6) is 1.27. The minimum absolute atomic E-state index is 0.0459. The fraction of sp³-hybridized carbons (Fsp3) is 0.455. The van der Waals surface area contributed by atoms with Gasteiger partial charge in [0.1, 0.15) is 11.6 Å². The van der Waals surface area contributed by atoms with Crippen molar-refractivity contribution in [2.24, 2.45) is 5.73 Å². The van der Waals surface area contributed by atoms with Crippen molar-refractivity contribution in [3.8, 4) is 0 Å². The highest BCUT2D eigenvalue weighted by molar-refractivity contribution is 5.72. The van der Waals surface area contributed by atoms with E-state index < -0.39 is 0 Å². The molecule has 0 spiro atoms. The highest BCUT2D eigenvalue weighted by atomic mass is 15.0. The standard InChI is InChI=1S/C11H17N5/c1-2-3-4-7(12)10-14-8-5-6-9(13)15-11(8)16-10/h5-7H,2-4,12H2,1H3,(H3,13,14,15,16). The Hall–Kier alpha value is -1.62. The number of hydrogen-bond donors (Lipinski definition) is 3. The first-order chi connectivity index (χ1) is 7.70. The number of nitrogens with zero attached hydrogens (tertiary/aromatic N) is 2. The van der Waals surface area contributed by atoms with Gasteiger partial charge in [-0.1, -0.05) is 19.8 Å². The third-order valence-electron chi connectivity index (χ3n) is 2.61. The van der Waals surface area contributed by atoms with Crippen LogP contribution in [0.2, 0.25) is 0 Å². The maximum absolute atomic E-state index is 6.03. The number of aromatic amines is 1. The summed E-state index contributed by atoms with van der Waals surface area (Å²) in [5.41, 5.74) is 13.1. The second-order valence-corrected chi connectivity index (χ2v) is 3.98. The lowest BCUT2D eigenvalue weighted by Gasteiger charge is -2.06. The average Bonchev–Trinajstić information content (AvgIpc) is 2.68. The Labute approximate surface area is 94.3 Å². The third kappa shape index (κ3) is 2.14. The molecular weight excluding hydrogens is 202 g/mol. The van der Waals surface area contributed by atoms with Crippen molar-refractivity contribution < 1.29 is 0 Å². The number of aromatic nitrogens is 3. The second-order valence-electron chi connectivity index (χ2n) is 3.98. The molecule has 2 aromatic rings. The number of anilines is 1. The van der Waals surface area contributed by atoms with Gasteiger partial charge in [-0.2, -0.15) is 0 Å². The van der Waals surface area contributed by atoms with Crippen molar-refractivity contribution in [1.82, 2.24) is 15.0 Å². The number of fused-ring (bicyclic) bond motifs is 1. The zero-order valence-corrected chi connectivity index (χ0v) is 9.40. The van der Waals surface area contributed by atoms with Crippen LogP contribution in [0.3, 0.4) is 0 Å². The molecule has 5 N–H and O–H groups in total. The fourth-order valence-corrected chi connectivity index (χ4v) is 1.66. The van der Waals surface area contributed by atoms with Crippen LogP contribution >= 0.6 is 0 Å². The first kappa shape index (κ1) is 10.9. The van der Waals surface area contributed by atoms with E-state index in [2.05, 4.69) is 21.9 Å². The van der Waals surface area contributed by atoms with Gasteiger partial charge in [0.25, 0.3) is 0 Å². The van der Waals surface area contributed by atoms with Gasteiger partial charge in [0, 0.05) is 0 Å². The molecule has 1 unspecified atom stereocenters. The number of hydrogen-bond acceptors (Lipinski definition) is 4. The lowest BCUT2D eigenvalue weighted by molar-refractivity contribution is 0.581. The molecule has 86 valence electrons. The van der Waals surface area contributed by atoms with Crippen LogP contribution in [0, 0.1) is 0 Å². The van der Waals surface area contributed by atoms with E-state index in [1.165, 1.54) is 0 Å². The molecule has 0 aliphatic heterocycles. The highest BCUT2D eigenvalue weighted by Gasteiger charge is 2.11. The largest absolute Gasteiger partial charge is 0.384 e. The smallest absolute Gasteiger partial charge is 0.179 e. The molecule has 5 heteroatoms. The predicted octanol–water partition coefficient (Wildman–Crippen LogP) is 1.73. The number of nitrogen functional groups attached to an aromatic ring is 1. The quantitative estimate of drug-likeness (QED) is 0.730. The van der Waals surface area contributed by atoms with Gasteiger partial charge in [-0.05, 0) is 18.6 Å². The van der Waals surface area contributed by atoms with Crippen molar-refractivity contribution in [3.05, 3.63) is 18.0 Å². The van der Waals surface area contributed by atoms with Crippen LogP contribution in [0.4, 0.5) is 5.82 Å². The Morgan fingerprint density at radius 3 is 2.94 bits per heavy atom. The van der Waals surface area contributed by atoms with E-state index in [9.17, 15) is 0 Å². The molecule has 2 rings (SSSR count). The molecule has 0 fully saturated rings. The van der Waals surface area contributed by atoms with Crippen LogP contribution in [0.1, 0.15) is 38.1 Å². The van der Waals surface area contributed by atoms with E-state index >= 15 is 0 Å². The normalized spacial score (nSPS) is 13.1. The average molecular weight is 219 g/mol. The summed E-state index contributed by atoms with van der Waals surface area (Å²) < 4.78 is 0. The molecule has 5 nitrogen and oxygen atoms in total. The lowest BCUT2D eigenvalue weighted by Crippen LogP contribution is -2.11. The van der Waals surface area contributed by atoms with E-state index in [1.54, 1.807) is 6.07 Å². The number of nitrogens with two attached hydrogens (primary N) is 2. The molecular formula is C11H17N5. The monoisotopic (exact) mass is 219 g/mol. The van der Waals surface area contributed by atoms with Crippen LogP contribution in [-0.4, -0.2) is 15.0 Å². The summed E-state index contributed by atoms with van der Waals surface area (Å²) >= 11 is 0. The molecule has 2 heterocycles. The first-order valence-electron chi connectivity index (χ1n) is 5.58. The van der Waals surface area contributed by atoms with Crippen LogP contribution in [0.25, 0.3) is 11.2 Å². The second kappa shape index (κ2) is 4.49. The lowest BCUT2D eigenvalue weighted by atomic mass is 10.1. The van der Waals surface area contributed by atoms with Gasteiger partial charge in [-0.3, -0.25) is 0 Å². The molecule has 1 atom stereocenters. The number of imidazole rings is 1. The van der Waals surface area contributed by atoms with Crippen LogP contribution in [0.15, 0.2) is 12.1 Å². The van der Waals surface area contributed by atoms with Gasteiger partial charge in [0.15, 0.2) is 5.65 Å². The molecule has 0 saturated heterocycles. The summed E-state index contributed by atoms with van der Waals surface area (Å²) in [6.07, 6.45) is 3.18. The van der Waals surface area contributed by atoms with Gasteiger partial charge in [0.2, 0.25) is 0 Å². The van der Waals surface area contributed by atoms with Crippen molar-refractivity contribution >= 4 is 17.0 Å². The van der Waals surface area contributed by atoms with Gasteiger partial charge in [-0.15, -0.1) is 0 Å². The Balaban J connectivity index is 2.25. The van der Waals surface area contributed by atoms with Crippen molar-refractivity contribution in [3.63, 3.8) is 0 Å². The number of H-pyrrole nitrogens is 1. The number of nitrogens with one attached hydrogen (secondary N) is 1. The molecule has 0 amide bonds.